The zero-order valence-electron chi connectivity index (χ0n) is 22.3. The summed E-state index contributed by atoms with van der Waals surface area (Å²) >= 11 is 0. The number of likely N-dealkylation sites (tertiary alicyclic amines) is 1. The Morgan fingerprint density at radius 3 is 1.62 bits per heavy atom. The van der Waals surface area contributed by atoms with Crippen molar-refractivity contribution in [2.45, 2.75) is 45.1 Å². The summed E-state index contributed by atoms with van der Waals surface area (Å²) in [5.74, 6) is -3.35. The van der Waals surface area contributed by atoms with E-state index >= 15 is 0 Å². The van der Waals surface area contributed by atoms with Crippen molar-refractivity contribution >= 4 is 23.6 Å². The number of carbonyl (C=O) groups excluding carboxylic acids is 4. The summed E-state index contributed by atoms with van der Waals surface area (Å²) in [7, 11) is 0. The van der Waals surface area contributed by atoms with Gasteiger partial charge in [-0.05, 0) is 27.8 Å². The molecule has 4 aliphatic rings. The minimum absolute atomic E-state index is 0.121. The Morgan fingerprint density at radius 1 is 0.744 bits per heavy atom. The van der Waals surface area contributed by atoms with Gasteiger partial charge in [0.1, 0.15) is 6.04 Å². The highest BCUT2D eigenvalue weighted by Crippen LogP contribution is 2.61. The second-order valence-electron chi connectivity index (χ2n) is 11.8. The number of esters is 1. The van der Waals surface area contributed by atoms with Crippen LogP contribution in [0, 0.1) is 17.3 Å². The normalized spacial score (nSPS) is 23.6. The van der Waals surface area contributed by atoms with Crippen LogP contribution in [0.15, 0.2) is 78.9 Å². The molecule has 3 aromatic rings. The highest BCUT2D eigenvalue weighted by atomic mass is 16.5. The van der Waals surface area contributed by atoms with Gasteiger partial charge in [0.15, 0.2) is 12.4 Å². The molecule has 0 N–H and O–H groups in total. The Hall–Kier alpha value is -4.06. The molecule has 0 radical (unpaired) electrons. The number of ether oxygens (including phenoxy) is 1. The summed E-state index contributed by atoms with van der Waals surface area (Å²) in [6.07, 6.45) is 0.121. The molecular formula is C33H31NO5. The predicted octanol–water partition coefficient (Wildman–Crippen LogP) is 4.65. The van der Waals surface area contributed by atoms with E-state index in [-0.39, 0.29) is 35.9 Å². The number of ketones is 1. The van der Waals surface area contributed by atoms with Gasteiger partial charge >= 0.3 is 5.97 Å². The smallest absolute Gasteiger partial charge is 0.330 e. The monoisotopic (exact) mass is 521 g/mol. The van der Waals surface area contributed by atoms with Crippen LogP contribution >= 0.6 is 0 Å². The van der Waals surface area contributed by atoms with E-state index in [4.69, 9.17) is 4.74 Å². The first kappa shape index (κ1) is 25.2. The first-order chi connectivity index (χ1) is 18.7. The second kappa shape index (κ2) is 9.30. The Bertz CT molecular complexity index is 1370. The molecule has 6 heteroatoms. The van der Waals surface area contributed by atoms with Crippen molar-refractivity contribution in [2.75, 3.05) is 6.61 Å². The van der Waals surface area contributed by atoms with Gasteiger partial charge in [0.2, 0.25) is 11.8 Å². The quantitative estimate of drug-likeness (QED) is 0.349. The number of hydrogen-bond donors (Lipinski definition) is 0. The molecule has 0 spiro atoms. The van der Waals surface area contributed by atoms with Crippen molar-refractivity contribution in [3.63, 3.8) is 0 Å². The molecule has 3 aromatic carbocycles. The molecule has 0 unspecified atom stereocenters. The second-order valence-corrected chi connectivity index (χ2v) is 11.8. The van der Waals surface area contributed by atoms with Crippen LogP contribution in [0.3, 0.4) is 0 Å². The average molecular weight is 522 g/mol. The fraction of sp³-hybridized carbons (Fsp3) is 0.333. The highest BCUT2D eigenvalue weighted by Gasteiger charge is 2.63. The predicted molar refractivity (Wildman–Crippen MR) is 145 cm³/mol. The number of Topliss-reactive ketones (excluding diaryl/α,β-unsaturated/α-hetero) is 1. The Labute approximate surface area is 228 Å². The summed E-state index contributed by atoms with van der Waals surface area (Å²) in [6, 6.07) is 24.2. The molecular weight excluding hydrogens is 490 g/mol. The van der Waals surface area contributed by atoms with E-state index in [1.54, 1.807) is 20.8 Å². The lowest BCUT2D eigenvalue weighted by Gasteiger charge is -2.45. The molecule has 6 nitrogen and oxygen atoms in total. The van der Waals surface area contributed by atoms with E-state index < -0.39 is 35.9 Å². The number of rotatable bonds is 6. The third-order valence-corrected chi connectivity index (χ3v) is 8.52. The first-order valence-electron chi connectivity index (χ1n) is 13.5. The standard InChI is InChI=1S/C33H31NO5/c1-33(2,3)25(35)18-39-32(38)24(17-19-11-5-4-6-12-19)34-30(36)28-26-20-13-7-8-14-21(20)27(29(28)31(34)37)23-16-10-9-15-22(23)26/h4-16,24,26-29H,17-18H2,1-3H3/t24-,26?,27?,28+,29+/m0/s1. The highest BCUT2D eigenvalue weighted by molar-refractivity contribution is 6.10. The van der Waals surface area contributed by atoms with Crippen molar-refractivity contribution in [1.29, 1.82) is 0 Å². The number of imide groups is 1. The molecule has 1 heterocycles. The van der Waals surface area contributed by atoms with Crippen molar-refractivity contribution in [2.24, 2.45) is 17.3 Å². The van der Waals surface area contributed by atoms with Gasteiger partial charge in [-0.25, -0.2) is 4.79 Å². The lowest BCUT2D eigenvalue weighted by molar-refractivity contribution is -0.161. The maximum absolute atomic E-state index is 14.2. The van der Waals surface area contributed by atoms with Gasteiger partial charge in [0.05, 0.1) is 11.8 Å². The number of hydrogen-bond acceptors (Lipinski definition) is 5. The first-order valence-corrected chi connectivity index (χ1v) is 13.5. The van der Waals surface area contributed by atoms with Crippen LogP contribution < -0.4 is 0 Å². The maximum atomic E-state index is 14.2. The topological polar surface area (TPSA) is 80.8 Å². The van der Waals surface area contributed by atoms with Crippen LogP contribution in [-0.4, -0.2) is 41.1 Å². The SMILES string of the molecule is CC(C)(C)C(=O)COC(=O)[C@H](Cc1ccccc1)N1C(=O)[C@@H]2C3c4ccccc4C(c4ccccc43)[C@H]2C1=O. The van der Waals surface area contributed by atoms with E-state index in [0.717, 1.165) is 32.7 Å². The van der Waals surface area contributed by atoms with Gasteiger partial charge in [-0.1, -0.05) is 99.6 Å². The lowest BCUT2D eigenvalue weighted by atomic mass is 9.55. The van der Waals surface area contributed by atoms with Crippen molar-refractivity contribution in [3.8, 4) is 0 Å². The Morgan fingerprint density at radius 2 is 1.18 bits per heavy atom. The van der Waals surface area contributed by atoms with E-state index in [1.165, 1.54) is 0 Å². The molecule has 2 amide bonds. The molecule has 3 atom stereocenters. The van der Waals surface area contributed by atoms with Crippen LogP contribution in [0.5, 0.6) is 0 Å². The summed E-state index contributed by atoms with van der Waals surface area (Å²) in [6.45, 7) is 4.87. The zero-order valence-corrected chi connectivity index (χ0v) is 22.3. The van der Waals surface area contributed by atoms with Crippen LogP contribution in [-0.2, 0) is 30.3 Å². The van der Waals surface area contributed by atoms with Crippen LogP contribution in [0.25, 0.3) is 0 Å². The van der Waals surface area contributed by atoms with Crippen LogP contribution in [0.4, 0.5) is 0 Å². The molecule has 3 aliphatic carbocycles. The third-order valence-electron chi connectivity index (χ3n) is 8.52. The lowest BCUT2D eigenvalue weighted by Crippen LogP contribution is -2.48. The summed E-state index contributed by atoms with van der Waals surface area (Å²) in [5, 5.41) is 0. The van der Waals surface area contributed by atoms with Crippen LogP contribution in [0.1, 0.15) is 60.4 Å². The largest absolute Gasteiger partial charge is 0.456 e. The molecule has 198 valence electrons. The number of nitrogens with zero attached hydrogens (tertiary/aromatic N) is 1. The number of benzene rings is 3. The number of carbonyl (C=O) groups is 4. The van der Waals surface area contributed by atoms with Crippen molar-refractivity contribution < 1.29 is 23.9 Å². The molecule has 2 bridgehead atoms. The Balaban J connectivity index is 1.39. The summed E-state index contributed by atoms with van der Waals surface area (Å²) in [5.41, 5.74) is 4.41. The minimum Gasteiger partial charge on any atom is -0.456 e. The number of amides is 2. The molecule has 0 saturated carbocycles. The average Bonchev–Trinajstić information content (AvgIpc) is 3.20. The van der Waals surface area contributed by atoms with Gasteiger partial charge in [0, 0.05) is 23.7 Å². The molecule has 1 aliphatic heterocycles. The van der Waals surface area contributed by atoms with E-state index in [1.807, 2.05) is 78.9 Å². The van der Waals surface area contributed by atoms with Gasteiger partial charge in [-0.2, -0.15) is 0 Å². The molecule has 1 saturated heterocycles. The van der Waals surface area contributed by atoms with Gasteiger partial charge in [0.25, 0.3) is 0 Å². The van der Waals surface area contributed by atoms with E-state index in [0.29, 0.717) is 0 Å². The van der Waals surface area contributed by atoms with Crippen molar-refractivity contribution in [3.05, 3.63) is 107 Å². The van der Waals surface area contributed by atoms with Gasteiger partial charge in [-0.3, -0.25) is 19.3 Å². The molecule has 39 heavy (non-hydrogen) atoms. The summed E-state index contributed by atoms with van der Waals surface area (Å²) < 4.78 is 5.49. The fourth-order valence-corrected chi connectivity index (χ4v) is 6.57. The van der Waals surface area contributed by atoms with Crippen LogP contribution in [0.2, 0.25) is 0 Å². The Kier molecular flexibility index (Phi) is 6.01. The maximum Gasteiger partial charge on any atom is 0.330 e. The molecule has 1 fully saturated rings. The zero-order chi connectivity index (χ0) is 27.5. The minimum atomic E-state index is -1.16. The van der Waals surface area contributed by atoms with Crippen molar-refractivity contribution in [1.82, 2.24) is 4.90 Å². The molecule has 0 aromatic heterocycles. The van der Waals surface area contributed by atoms with Gasteiger partial charge in [-0.15, -0.1) is 0 Å². The van der Waals surface area contributed by atoms with E-state index in [2.05, 4.69) is 0 Å². The fourth-order valence-electron chi connectivity index (χ4n) is 6.57. The third kappa shape index (κ3) is 4.01. The summed E-state index contributed by atoms with van der Waals surface area (Å²) in [4.78, 5) is 55.7. The molecule has 7 rings (SSSR count). The van der Waals surface area contributed by atoms with Gasteiger partial charge < -0.3 is 4.74 Å². The van der Waals surface area contributed by atoms with E-state index in [9.17, 15) is 19.2 Å².